The summed E-state index contributed by atoms with van der Waals surface area (Å²) in [7, 11) is 0. The molecule has 3 aromatic carbocycles. The maximum absolute atomic E-state index is 4.99. The lowest BCUT2D eigenvalue weighted by atomic mass is 9.99. The molecule has 0 aliphatic rings. The second-order valence-electron chi connectivity index (χ2n) is 7.58. The summed E-state index contributed by atoms with van der Waals surface area (Å²) >= 11 is 0. The summed E-state index contributed by atoms with van der Waals surface area (Å²) in [6.07, 6.45) is 0. The van der Waals surface area contributed by atoms with Crippen molar-refractivity contribution >= 4 is 5.69 Å². The van der Waals surface area contributed by atoms with E-state index in [4.69, 9.17) is 4.98 Å². The molecule has 4 rings (SSSR count). The summed E-state index contributed by atoms with van der Waals surface area (Å²) in [5.41, 5.74) is 9.18. The van der Waals surface area contributed by atoms with Gasteiger partial charge in [0, 0.05) is 29.9 Å². The van der Waals surface area contributed by atoms with Gasteiger partial charge in [-0.2, -0.15) is 0 Å². The highest BCUT2D eigenvalue weighted by Crippen LogP contribution is 2.31. The molecule has 0 amide bonds. The van der Waals surface area contributed by atoms with Crippen LogP contribution in [0.5, 0.6) is 0 Å². The first-order valence-electron chi connectivity index (χ1n) is 10.7. The predicted molar refractivity (Wildman–Crippen MR) is 129 cm³/mol. The van der Waals surface area contributed by atoms with Crippen LogP contribution in [0.2, 0.25) is 0 Å². The highest BCUT2D eigenvalue weighted by atomic mass is 15.1. The molecule has 0 unspecified atom stereocenters. The van der Waals surface area contributed by atoms with E-state index in [1.165, 1.54) is 22.4 Å². The fourth-order valence-electron chi connectivity index (χ4n) is 3.78. The Morgan fingerprint density at radius 3 is 1.70 bits per heavy atom. The van der Waals surface area contributed by atoms with Crippen molar-refractivity contribution in [3.63, 3.8) is 0 Å². The molecule has 0 saturated heterocycles. The summed E-state index contributed by atoms with van der Waals surface area (Å²) in [5.74, 6) is 0. The molecule has 150 valence electrons. The molecule has 1 aromatic heterocycles. The highest BCUT2D eigenvalue weighted by molar-refractivity contribution is 5.77. The topological polar surface area (TPSA) is 16.1 Å². The van der Waals surface area contributed by atoms with E-state index in [0.717, 1.165) is 35.6 Å². The Kier molecular flexibility index (Phi) is 5.94. The van der Waals surface area contributed by atoms with E-state index >= 15 is 0 Å². The van der Waals surface area contributed by atoms with Crippen molar-refractivity contribution in [1.82, 2.24) is 4.98 Å². The van der Waals surface area contributed by atoms with Crippen molar-refractivity contribution in [2.75, 3.05) is 18.0 Å². The van der Waals surface area contributed by atoms with E-state index in [1.807, 2.05) is 6.07 Å². The number of hydrogen-bond acceptors (Lipinski definition) is 2. The highest BCUT2D eigenvalue weighted by Gasteiger charge is 2.10. The number of anilines is 1. The monoisotopic (exact) mass is 392 g/mol. The van der Waals surface area contributed by atoms with E-state index in [9.17, 15) is 0 Å². The Labute approximate surface area is 179 Å². The summed E-state index contributed by atoms with van der Waals surface area (Å²) < 4.78 is 0. The quantitative estimate of drug-likeness (QED) is 0.344. The maximum Gasteiger partial charge on any atom is 0.0715 e. The van der Waals surface area contributed by atoms with E-state index in [1.54, 1.807) is 0 Å². The molecule has 0 spiro atoms. The van der Waals surface area contributed by atoms with Crippen LogP contribution in [-0.2, 0) is 0 Å². The number of benzene rings is 3. The molecule has 0 saturated carbocycles. The number of aryl methyl sites for hydroxylation is 1. The summed E-state index contributed by atoms with van der Waals surface area (Å²) in [4.78, 5) is 7.36. The van der Waals surface area contributed by atoms with Gasteiger partial charge in [0.25, 0.3) is 0 Å². The zero-order chi connectivity index (χ0) is 20.9. The zero-order valence-corrected chi connectivity index (χ0v) is 18.0. The first-order valence-corrected chi connectivity index (χ1v) is 10.7. The molecule has 2 heteroatoms. The van der Waals surface area contributed by atoms with Crippen LogP contribution in [0.1, 0.15) is 19.4 Å². The molecule has 0 bridgehead atoms. The molecule has 0 aliphatic carbocycles. The van der Waals surface area contributed by atoms with Crippen molar-refractivity contribution in [2.24, 2.45) is 0 Å². The Bertz CT molecular complexity index is 1090. The zero-order valence-electron chi connectivity index (χ0n) is 18.0. The van der Waals surface area contributed by atoms with Crippen LogP contribution in [0.4, 0.5) is 5.69 Å². The smallest absolute Gasteiger partial charge is 0.0715 e. The second-order valence-corrected chi connectivity index (χ2v) is 7.58. The minimum absolute atomic E-state index is 0.997. The molecular formula is C28H28N2. The van der Waals surface area contributed by atoms with E-state index < -0.39 is 0 Å². The van der Waals surface area contributed by atoms with E-state index in [2.05, 4.69) is 111 Å². The number of rotatable bonds is 6. The number of aromatic nitrogens is 1. The molecule has 0 fully saturated rings. The first-order chi connectivity index (χ1) is 14.7. The average Bonchev–Trinajstić information content (AvgIpc) is 2.81. The third kappa shape index (κ3) is 4.28. The summed E-state index contributed by atoms with van der Waals surface area (Å²) in [6.45, 7) is 8.53. The largest absolute Gasteiger partial charge is 0.372 e. The lowest BCUT2D eigenvalue weighted by molar-refractivity contribution is 0.866. The maximum atomic E-state index is 4.99. The van der Waals surface area contributed by atoms with Crippen LogP contribution in [0.25, 0.3) is 33.6 Å². The number of nitrogens with zero attached hydrogens (tertiary/aromatic N) is 2. The van der Waals surface area contributed by atoms with Crippen LogP contribution in [0, 0.1) is 6.92 Å². The number of hydrogen-bond donors (Lipinski definition) is 0. The minimum Gasteiger partial charge on any atom is -0.372 e. The van der Waals surface area contributed by atoms with Crippen molar-refractivity contribution < 1.29 is 0 Å². The van der Waals surface area contributed by atoms with Gasteiger partial charge in [0.2, 0.25) is 0 Å². The molecular weight excluding hydrogens is 364 g/mol. The minimum atomic E-state index is 0.997. The van der Waals surface area contributed by atoms with Crippen molar-refractivity contribution in [3.05, 3.63) is 96.6 Å². The summed E-state index contributed by atoms with van der Waals surface area (Å²) in [6, 6.07) is 32.3. The average molecular weight is 393 g/mol. The Morgan fingerprint density at radius 1 is 0.600 bits per heavy atom. The fraction of sp³-hybridized carbons (Fsp3) is 0.179. The van der Waals surface area contributed by atoms with Gasteiger partial charge < -0.3 is 4.90 Å². The van der Waals surface area contributed by atoms with Gasteiger partial charge in [-0.3, -0.25) is 0 Å². The lowest BCUT2D eigenvalue weighted by Gasteiger charge is -2.21. The molecule has 2 nitrogen and oxygen atoms in total. The van der Waals surface area contributed by atoms with Gasteiger partial charge in [-0.1, -0.05) is 72.3 Å². The lowest BCUT2D eigenvalue weighted by Crippen LogP contribution is -2.21. The van der Waals surface area contributed by atoms with Gasteiger partial charge in [-0.15, -0.1) is 0 Å². The second kappa shape index (κ2) is 8.96. The molecule has 1 heterocycles. The molecule has 0 N–H and O–H groups in total. The van der Waals surface area contributed by atoms with Gasteiger partial charge in [0.1, 0.15) is 0 Å². The van der Waals surface area contributed by atoms with Crippen LogP contribution >= 0.6 is 0 Å². The molecule has 0 atom stereocenters. The van der Waals surface area contributed by atoms with Crippen molar-refractivity contribution in [2.45, 2.75) is 20.8 Å². The molecule has 4 aromatic rings. The summed E-state index contributed by atoms with van der Waals surface area (Å²) in [5, 5.41) is 0. The Hall–Kier alpha value is -3.39. The standard InChI is InChI=1S/C28H28N2/c1-4-30(5-2)26-17-15-22(16-18-26)25-19-27(23-9-7-6-8-10-23)29-28(20-25)24-13-11-21(3)12-14-24/h6-20H,4-5H2,1-3H3. The third-order valence-corrected chi connectivity index (χ3v) is 5.57. The molecule has 30 heavy (non-hydrogen) atoms. The van der Waals surface area contributed by atoms with Gasteiger partial charge >= 0.3 is 0 Å². The van der Waals surface area contributed by atoms with Crippen molar-refractivity contribution in [1.29, 1.82) is 0 Å². The van der Waals surface area contributed by atoms with Crippen LogP contribution in [-0.4, -0.2) is 18.1 Å². The Morgan fingerprint density at radius 2 is 1.13 bits per heavy atom. The van der Waals surface area contributed by atoms with Gasteiger partial charge in [0.15, 0.2) is 0 Å². The van der Waals surface area contributed by atoms with Gasteiger partial charge in [0.05, 0.1) is 11.4 Å². The normalized spacial score (nSPS) is 10.8. The van der Waals surface area contributed by atoms with Crippen LogP contribution < -0.4 is 4.90 Å². The molecule has 0 radical (unpaired) electrons. The molecule has 0 aliphatic heterocycles. The fourth-order valence-corrected chi connectivity index (χ4v) is 3.78. The number of pyridine rings is 1. The van der Waals surface area contributed by atoms with Gasteiger partial charge in [-0.05, 0) is 56.2 Å². The van der Waals surface area contributed by atoms with E-state index in [-0.39, 0.29) is 0 Å². The van der Waals surface area contributed by atoms with Gasteiger partial charge in [-0.25, -0.2) is 4.98 Å². The van der Waals surface area contributed by atoms with Crippen LogP contribution in [0.15, 0.2) is 91.0 Å². The van der Waals surface area contributed by atoms with E-state index in [0.29, 0.717) is 0 Å². The SMILES string of the molecule is CCN(CC)c1ccc(-c2cc(-c3ccccc3)nc(-c3ccc(C)cc3)c2)cc1. The predicted octanol–water partition coefficient (Wildman–Crippen LogP) is 7.24. The first kappa shape index (κ1) is 19.9. The third-order valence-electron chi connectivity index (χ3n) is 5.57. The van der Waals surface area contributed by atoms with Crippen LogP contribution in [0.3, 0.4) is 0 Å². The van der Waals surface area contributed by atoms with Crippen molar-refractivity contribution in [3.8, 4) is 33.6 Å². The Balaban J connectivity index is 1.80.